The van der Waals surface area contributed by atoms with Crippen molar-refractivity contribution in [3.05, 3.63) is 54.6 Å². The van der Waals surface area contributed by atoms with E-state index in [9.17, 15) is 4.79 Å². The van der Waals surface area contributed by atoms with Crippen molar-refractivity contribution in [1.82, 2.24) is 10.4 Å². The molecule has 0 radical (unpaired) electrons. The zero-order valence-electron chi connectivity index (χ0n) is 12.3. The third-order valence-corrected chi connectivity index (χ3v) is 3.53. The number of anilines is 1. The standard InChI is InChI=1S/C17H19N3O2/c21-17(19-20-10-12-22-13-11-20)18-16-9-5-4-8-15(16)14-6-2-1-3-7-14/h1-9H,10-13H2,(H2,18,19,21). The molecule has 1 fully saturated rings. The molecule has 0 atom stereocenters. The first kappa shape index (κ1) is 14.6. The Bertz CT molecular complexity index is 625. The first-order chi connectivity index (χ1) is 10.8. The molecule has 1 aliphatic heterocycles. The van der Waals surface area contributed by atoms with Crippen LogP contribution in [0.15, 0.2) is 54.6 Å². The Hall–Kier alpha value is -2.37. The van der Waals surface area contributed by atoms with Crippen molar-refractivity contribution in [3.63, 3.8) is 0 Å². The quantitative estimate of drug-likeness (QED) is 0.916. The van der Waals surface area contributed by atoms with Crippen LogP contribution in [0.1, 0.15) is 0 Å². The van der Waals surface area contributed by atoms with Crippen LogP contribution in [0, 0.1) is 0 Å². The fourth-order valence-corrected chi connectivity index (χ4v) is 2.43. The second-order valence-electron chi connectivity index (χ2n) is 5.08. The fourth-order valence-electron chi connectivity index (χ4n) is 2.43. The summed E-state index contributed by atoms with van der Waals surface area (Å²) in [5.41, 5.74) is 5.71. The Morgan fingerprint density at radius 3 is 2.41 bits per heavy atom. The molecule has 1 heterocycles. The van der Waals surface area contributed by atoms with Crippen LogP contribution < -0.4 is 10.7 Å². The Morgan fingerprint density at radius 2 is 1.64 bits per heavy atom. The summed E-state index contributed by atoms with van der Waals surface area (Å²) in [5, 5.41) is 4.79. The van der Waals surface area contributed by atoms with Crippen molar-refractivity contribution in [2.45, 2.75) is 0 Å². The lowest BCUT2D eigenvalue weighted by molar-refractivity contribution is 0.0207. The molecule has 5 heteroatoms. The van der Waals surface area contributed by atoms with Gasteiger partial charge in [-0.2, -0.15) is 0 Å². The van der Waals surface area contributed by atoms with Crippen LogP contribution >= 0.6 is 0 Å². The van der Waals surface area contributed by atoms with Crippen LogP contribution in [-0.4, -0.2) is 37.3 Å². The van der Waals surface area contributed by atoms with Gasteiger partial charge in [0.15, 0.2) is 0 Å². The molecule has 22 heavy (non-hydrogen) atoms. The molecule has 0 aliphatic carbocycles. The number of carbonyl (C=O) groups is 1. The number of nitrogens with zero attached hydrogens (tertiary/aromatic N) is 1. The van der Waals surface area contributed by atoms with E-state index in [4.69, 9.17) is 4.74 Å². The van der Waals surface area contributed by atoms with Gasteiger partial charge in [-0.3, -0.25) is 5.43 Å². The predicted octanol–water partition coefficient (Wildman–Crippen LogP) is 2.72. The van der Waals surface area contributed by atoms with Gasteiger partial charge in [-0.1, -0.05) is 48.5 Å². The molecule has 0 spiro atoms. The second kappa shape index (κ2) is 7.06. The van der Waals surface area contributed by atoms with Crippen molar-refractivity contribution >= 4 is 11.7 Å². The lowest BCUT2D eigenvalue weighted by Gasteiger charge is -2.27. The van der Waals surface area contributed by atoms with E-state index in [1.165, 1.54) is 0 Å². The summed E-state index contributed by atoms with van der Waals surface area (Å²) < 4.78 is 5.26. The number of urea groups is 1. The summed E-state index contributed by atoms with van der Waals surface area (Å²) in [5.74, 6) is 0. The highest BCUT2D eigenvalue weighted by atomic mass is 16.5. The molecule has 1 saturated heterocycles. The number of morpholine rings is 1. The van der Waals surface area contributed by atoms with Gasteiger partial charge in [-0.15, -0.1) is 0 Å². The summed E-state index contributed by atoms with van der Waals surface area (Å²) in [7, 11) is 0. The molecule has 0 unspecified atom stereocenters. The number of benzene rings is 2. The van der Waals surface area contributed by atoms with Gasteiger partial charge < -0.3 is 10.1 Å². The highest BCUT2D eigenvalue weighted by molar-refractivity contribution is 5.94. The maximum Gasteiger partial charge on any atom is 0.333 e. The summed E-state index contributed by atoms with van der Waals surface area (Å²) in [4.78, 5) is 12.2. The lowest BCUT2D eigenvalue weighted by Crippen LogP contribution is -2.49. The van der Waals surface area contributed by atoms with Gasteiger partial charge in [-0.05, 0) is 11.6 Å². The van der Waals surface area contributed by atoms with Gasteiger partial charge in [0.1, 0.15) is 0 Å². The van der Waals surface area contributed by atoms with Crippen LogP contribution in [-0.2, 0) is 4.74 Å². The molecule has 114 valence electrons. The third kappa shape index (κ3) is 3.63. The molecule has 0 saturated carbocycles. The number of para-hydroxylation sites is 1. The molecule has 2 aromatic carbocycles. The van der Waals surface area contributed by atoms with Gasteiger partial charge in [0.2, 0.25) is 0 Å². The molecule has 2 amide bonds. The largest absolute Gasteiger partial charge is 0.379 e. The smallest absolute Gasteiger partial charge is 0.333 e. The van der Waals surface area contributed by atoms with E-state index < -0.39 is 0 Å². The molecule has 2 N–H and O–H groups in total. The van der Waals surface area contributed by atoms with E-state index in [0.29, 0.717) is 26.3 Å². The Kier molecular flexibility index (Phi) is 4.68. The minimum absolute atomic E-state index is 0.231. The van der Waals surface area contributed by atoms with Crippen LogP contribution in [0.3, 0.4) is 0 Å². The number of hydrogen-bond donors (Lipinski definition) is 2. The predicted molar refractivity (Wildman–Crippen MR) is 86.4 cm³/mol. The van der Waals surface area contributed by atoms with Crippen molar-refractivity contribution in [3.8, 4) is 11.1 Å². The van der Waals surface area contributed by atoms with E-state index in [-0.39, 0.29) is 6.03 Å². The fraction of sp³-hybridized carbons (Fsp3) is 0.235. The number of hydrazine groups is 1. The van der Waals surface area contributed by atoms with Crippen LogP contribution in [0.5, 0.6) is 0 Å². The number of ether oxygens (including phenoxy) is 1. The molecule has 0 bridgehead atoms. The monoisotopic (exact) mass is 297 g/mol. The average Bonchev–Trinajstić information content (AvgIpc) is 2.57. The maximum absolute atomic E-state index is 12.2. The molecular weight excluding hydrogens is 278 g/mol. The zero-order valence-corrected chi connectivity index (χ0v) is 12.3. The molecule has 5 nitrogen and oxygen atoms in total. The van der Waals surface area contributed by atoms with Gasteiger partial charge in [0, 0.05) is 18.7 Å². The Balaban J connectivity index is 1.71. The Morgan fingerprint density at radius 1 is 0.955 bits per heavy atom. The van der Waals surface area contributed by atoms with Gasteiger partial charge in [0.05, 0.1) is 18.9 Å². The van der Waals surface area contributed by atoms with Crippen molar-refractivity contribution in [1.29, 1.82) is 0 Å². The summed E-state index contributed by atoms with van der Waals surface area (Å²) in [6, 6.07) is 17.6. The lowest BCUT2D eigenvalue weighted by atomic mass is 10.0. The summed E-state index contributed by atoms with van der Waals surface area (Å²) in [6.07, 6.45) is 0. The summed E-state index contributed by atoms with van der Waals surface area (Å²) in [6.45, 7) is 2.68. The van der Waals surface area contributed by atoms with E-state index in [2.05, 4.69) is 10.7 Å². The summed E-state index contributed by atoms with van der Waals surface area (Å²) >= 11 is 0. The third-order valence-electron chi connectivity index (χ3n) is 3.53. The van der Waals surface area contributed by atoms with E-state index in [0.717, 1.165) is 16.8 Å². The van der Waals surface area contributed by atoms with Crippen molar-refractivity contribution in [2.24, 2.45) is 0 Å². The van der Waals surface area contributed by atoms with E-state index in [1.807, 2.05) is 59.6 Å². The molecular formula is C17H19N3O2. The van der Waals surface area contributed by atoms with Crippen LogP contribution in [0.4, 0.5) is 10.5 Å². The van der Waals surface area contributed by atoms with Crippen LogP contribution in [0.25, 0.3) is 11.1 Å². The number of carbonyl (C=O) groups excluding carboxylic acids is 1. The minimum Gasteiger partial charge on any atom is -0.379 e. The topological polar surface area (TPSA) is 53.6 Å². The molecule has 3 rings (SSSR count). The van der Waals surface area contributed by atoms with E-state index >= 15 is 0 Å². The highest BCUT2D eigenvalue weighted by Crippen LogP contribution is 2.27. The SMILES string of the molecule is O=C(Nc1ccccc1-c1ccccc1)NN1CCOCC1. The van der Waals surface area contributed by atoms with Crippen LogP contribution in [0.2, 0.25) is 0 Å². The normalized spacial score (nSPS) is 15.3. The number of nitrogens with one attached hydrogen (secondary N) is 2. The number of rotatable bonds is 3. The average molecular weight is 297 g/mol. The zero-order chi connectivity index (χ0) is 15.2. The molecule has 2 aromatic rings. The van der Waals surface area contributed by atoms with Crippen molar-refractivity contribution in [2.75, 3.05) is 31.6 Å². The van der Waals surface area contributed by atoms with Gasteiger partial charge in [-0.25, -0.2) is 9.80 Å². The first-order valence-electron chi connectivity index (χ1n) is 7.38. The van der Waals surface area contributed by atoms with Gasteiger partial charge in [0.25, 0.3) is 0 Å². The molecule has 1 aliphatic rings. The Labute approximate surface area is 129 Å². The first-order valence-corrected chi connectivity index (χ1v) is 7.38. The van der Waals surface area contributed by atoms with E-state index in [1.54, 1.807) is 0 Å². The number of amides is 2. The second-order valence-corrected chi connectivity index (χ2v) is 5.08. The van der Waals surface area contributed by atoms with Gasteiger partial charge >= 0.3 is 6.03 Å². The number of hydrogen-bond acceptors (Lipinski definition) is 3. The van der Waals surface area contributed by atoms with Crippen molar-refractivity contribution < 1.29 is 9.53 Å². The maximum atomic E-state index is 12.2. The highest BCUT2D eigenvalue weighted by Gasteiger charge is 2.14. The minimum atomic E-state index is -0.231. The molecule has 0 aromatic heterocycles.